The summed E-state index contributed by atoms with van der Waals surface area (Å²) in [6.07, 6.45) is 1.41. The first-order valence-corrected chi connectivity index (χ1v) is 11.1. The Morgan fingerprint density at radius 1 is 1.07 bits per heavy atom. The Morgan fingerprint density at radius 3 is 2.57 bits per heavy atom. The second kappa shape index (κ2) is 8.97. The molecule has 0 unspecified atom stereocenters. The summed E-state index contributed by atoms with van der Waals surface area (Å²) in [5, 5.41) is 0.0787. The number of benzene rings is 1. The third-order valence-corrected chi connectivity index (χ3v) is 6.15. The van der Waals surface area contributed by atoms with Crippen LogP contribution in [0.15, 0.2) is 24.5 Å². The fraction of sp³-hybridized carbons (Fsp3) is 0.368. The second-order valence-corrected chi connectivity index (χ2v) is 8.54. The Morgan fingerprint density at radius 2 is 1.83 bits per heavy atom. The van der Waals surface area contributed by atoms with Gasteiger partial charge in [0.1, 0.15) is 18.5 Å². The van der Waals surface area contributed by atoms with Gasteiger partial charge in [-0.2, -0.15) is 9.97 Å². The van der Waals surface area contributed by atoms with Gasteiger partial charge in [0.2, 0.25) is 11.2 Å². The molecule has 0 bridgehead atoms. The largest absolute Gasteiger partial charge is 0.493 e. The van der Waals surface area contributed by atoms with Gasteiger partial charge in [0, 0.05) is 35.4 Å². The lowest BCUT2D eigenvalue weighted by molar-refractivity contribution is 0.295. The summed E-state index contributed by atoms with van der Waals surface area (Å²) >= 11 is 6.18. The van der Waals surface area contributed by atoms with Gasteiger partial charge in [-0.05, 0) is 29.3 Å². The van der Waals surface area contributed by atoms with Gasteiger partial charge in [0.25, 0.3) is 0 Å². The monoisotopic (exact) mass is 449 g/mol. The zero-order chi connectivity index (χ0) is 21.1. The molecular formula is C19H20ClN5O4S. The number of fused-ring (bicyclic) bond motifs is 1. The van der Waals surface area contributed by atoms with Crippen molar-refractivity contribution in [2.24, 2.45) is 0 Å². The van der Waals surface area contributed by atoms with E-state index >= 15 is 0 Å². The Kier molecular flexibility index (Phi) is 6.14. The average Bonchev–Trinajstić information content (AvgIpc) is 2.77. The van der Waals surface area contributed by atoms with Crippen LogP contribution in [0.1, 0.15) is 5.56 Å². The third kappa shape index (κ3) is 4.24. The number of hydrogen-bond acceptors (Lipinski definition) is 9. The van der Waals surface area contributed by atoms with Crippen molar-refractivity contribution in [2.45, 2.75) is 6.61 Å². The van der Waals surface area contributed by atoms with Gasteiger partial charge in [-0.3, -0.25) is 4.21 Å². The molecule has 1 aliphatic rings. The van der Waals surface area contributed by atoms with E-state index in [0.717, 1.165) is 5.56 Å². The van der Waals surface area contributed by atoms with Crippen LogP contribution >= 0.6 is 11.6 Å². The van der Waals surface area contributed by atoms with Crippen LogP contribution in [0.2, 0.25) is 5.28 Å². The molecule has 1 aliphatic heterocycles. The molecule has 0 N–H and O–H groups in total. The molecule has 4 rings (SSSR count). The summed E-state index contributed by atoms with van der Waals surface area (Å²) < 4.78 is 28.2. The van der Waals surface area contributed by atoms with Crippen LogP contribution in [0, 0.1) is 0 Å². The number of methoxy groups -OCH3 is 2. The molecule has 0 saturated carbocycles. The van der Waals surface area contributed by atoms with E-state index in [1.165, 1.54) is 6.33 Å². The zero-order valence-electron chi connectivity index (χ0n) is 16.5. The minimum atomic E-state index is -0.802. The Labute approximate surface area is 180 Å². The molecule has 3 aromatic rings. The van der Waals surface area contributed by atoms with Gasteiger partial charge in [0.05, 0.1) is 14.2 Å². The van der Waals surface area contributed by atoms with Crippen LogP contribution in [0.4, 0.5) is 5.82 Å². The highest BCUT2D eigenvalue weighted by molar-refractivity contribution is 7.85. The Bertz CT molecular complexity index is 1090. The summed E-state index contributed by atoms with van der Waals surface area (Å²) in [5.41, 5.74) is 1.85. The van der Waals surface area contributed by atoms with Crippen molar-refractivity contribution in [3.63, 3.8) is 0 Å². The Balaban J connectivity index is 1.63. The van der Waals surface area contributed by atoms with Crippen LogP contribution in [-0.2, 0) is 17.4 Å². The maximum Gasteiger partial charge on any atom is 0.244 e. The molecule has 3 heterocycles. The van der Waals surface area contributed by atoms with E-state index in [-0.39, 0.29) is 11.9 Å². The number of hydrogen-bond donors (Lipinski definition) is 0. The zero-order valence-corrected chi connectivity index (χ0v) is 18.1. The molecule has 0 amide bonds. The lowest BCUT2D eigenvalue weighted by atomic mass is 10.2. The molecule has 1 fully saturated rings. The van der Waals surface area contributed by atoms with Crippen LogP contribution in [0.25, 0.3) is 11.0 Å². The summed E-state index contributed by atoms with van der Waals surface area (Å²) in [6, 6.07) is 5.53. The predicted molar refractivity (Wildman–Crippen MR) is 114 cm³/mol. The lowest BCUT2D eigenvalue weighted by Gasteiger charge is -2.27. The number of anilines is 1. The van der Waals surface area contributed by atoms with Gasteiger partial charge in [-0.1, -0.05) is 6.07 Å². The highest BCUT2D eigenvalue weighted by Gasteiger charge is 2.22. The fourth-order valence-corrected chi connectivity index (χ4v) is 4.40. The van der Waals surface area contributed by atoms with Crippen molar-refractivity contribution >= 4 is 39.3 Å². The quantitative estimate of drug-likeness (QED) is 0.524. The SMILES string of the molecule is COc1ccc(COc2ncnc3c(N4CCS(=O)CC4)nc(Cl)nc23)cc1OC. The van der Waals surface area contributed by atoms with Crippen molar-refractivity contribution in [1.29, 1.82) is 0 Å². The van der Waals surface area contributed by atoms with E-state index in [1.807, 2.05) is 23.1 Å². The Hall–Kier alpha value is -2.72. The topological polar surface area (TPSA) is 99.6 Å². The minimum Gasteiger partial charge on any atom is -0.493 e. The van der Waals surface area contributed by atoms with E-state index in [2.05, 4.69) is 19.9 Å². The summed E-state index contributed by atoms with van der Waals surface area (Å²) in [7, 11) is 2.36. The third-order valence-electron chi connectivity index (χ3n) is 4.70. The molecule has 0 aliphatic carbocycles. The molecule has 1 saturated heterocycles. The maximum absolute atomic E-state index is 11.7. The van der Waals surface area contributed by atoms with E-state index in [0.29, 0.717) is 58.8 Å². The molecule has 158 valence electrons. The molecule has 11 heteroatoms. The predicted octanol–water partition coefficient (Wildman–Crippen LogP) is 2.24. The molecule has 9 nitrogen and oxygen atoms in total. The number of ether oxygens (including phenoxy) is 3. The first-order chi connectivity index (χ1) is 14.6. The van der Waals surface area contributed by atoms with E-state index in [9.17, 15) is 4.21 Å². The van der Waals surface area contributed by atoms with Crippen LogP contribution < -0.4 is 19.1 Å². The van der Waals surface area contributed by atoms with Crippen molar-refractivity contribution in [3.8, 4) is 17.4 Å². The second-order valence-electron chi connectivity index (χ2n) is 6.51. The van der Waals surface area contributed by atoms with Gasteiger partial charge in [-0.15, -0.1) is 0 Å². The average molecular weight is 450 g/mol. The van der Waals surface area contributed by atoms with Crippen LogP contribution in [-0.4, -0.2) is 63.0 Å². The normalized spacial score (nSPS) is 14.7. The molecule has 0 atom stereocenters. The molecule has 0 spiro atoms. The van der Waals surface area contributed by atoms with Gasteiger partial charge in [-0.25, -0.2) is 9.97 Å². The highest BCUT2D eigenvalue weighted by Crippen LogP contribution is 2.31. The fourth-order valence-electron chi connectivity index (χ4n) is 3.18. The molecule has 30 heavy (non-hydrogen) atoms. The van der Waals surface area contributed by atoms with Crippen LogP contribution in [0.3, 0.4) is 0 Å². The van der Waals surface area contributed by atoms with Gasteiger partial charge < -0.3 is 19.1 Å². The van der Waals surface area contributed by atoms with Gasteiger partial charge >= 0.3 is 0 Å². The summed E-state index contributed by atoms with van der Waals surface area (Å²) in [6.45, 7) is 1.47. The highest BCUT2D eigenvalue weighted by atomic mass is 35.5. The first-order valence-electron chi connectivity index (χ1n) is 9.21. The van der Waals surface area contributed by atoms with Gasteiger partial charge in [0.15, 0.2) is 22.8 Å². The molecule has 0 radical (unpaired) electrons. The standard InChI is InChI=1S/C19H20ClN5O4S/c1-27-13-4-3-12(9-14(13)28-2)10-29-18-16-15(21-11-22-18)17(24-19(20)23-16)25-5-7-30(26)8-6-25/h3-4,9,11H,5-8,10H2,1-2H3. The smallest absolute Gasteiger partial charge is 0.244 e. The van der Waals surface area contributed by atoms with E-state index < -0.39 is 10.8 Å². The number of halogens is 1. The number of nitrogens with zero attached hydrogens (tertiary/aromatic N) is 5. The van der Waals surface area contributed by atoms with Crippen molar-refractivity contribution in [2.75, 3.05) is 43.7 Å². The van der Waals surface area contributed by atoms with E-state index in [4.69, 9.17) is 25.8 Å². The molecular weight excluding hydrogens is 430 g/mol. The number of aromatic nitrogens is 4. The first kappa shape index (κ1) is 20.5. The lowest BCUT2D eigenvalue weighted by Crippen LogP contribution is -2.38. The van der Waals surface area contributed by atoms with Crippen LogP contribution in [0.5, 0.6) is 17.4 Å². The van der Waals surface area contributed by atoms with Crippen molar-refractivity contribution < 1.29 is 18.4 Å². The maximum atomic E-state index is 11.7. The van der Waals surface area contributed by atoms with E-state index in [1.54, 1.807) is 14.2 Å². The van der Waals surface area contributed by atoms with Crippen molar-refractivity contribution in [1.82, 2.24) is 19.9 Å². The molecule has 2 aromatic heterocycles. The van der Waals surface area contributed by atoms with Crippen molar-refractivity contribution in [3.05, 3.63) is 35.4 Å². The minimum absolute atomic E-state index is 0.0787. The molecule has 1 aromatic carbocycles. The number of rotatable bonds is 6. The summed E-state index contributed by atoms with van der Waals surface area (Å²) in [5.74, 6) is 3.32. The summed E-state index contributed by atoms with van der Waals surface area (Å²) in [4.78, 5) is 19.3.